The van der Waals surface area contributed by atoms with Crippen LogP contribution in [0, 0.1) is 0 Å². The number of fused-ring (bicyclic) bond motifs is 3. The molecule has 0 saturated carbocycles. The second-order valence-corrected chi connectivity index (χ2v) is 11.8. The molecule has 0 fully saturated rings. The summed E-state index contributed by atoms with van der Waals surface area (Å²) in [7, 11) is 0. The largest absolute Gasteiger partial charge is 0.493 e. The van der Waals surface area contributed by atoms with Crippen molar-refractivity contribution >= 4 is 11.9 Å². The van der Waals surface area contributed by atoms with Crippen molar-refractivity contribution in [3.63, 3.8) is 0 Å². The van der Waals surface area contributed by atoms with Crippen LogP contribution in [0.2, 0.25) is 0 Å². The van der Waals surface area contributed by atoms with Crippen LogP contribution in [0.25, 0.3) is 11.1 Å². The van der Waals surface area contributed by atoms with Crippen LogP contribution in [0.1, 0.15) is 46.2 Å². The molecule has 4 aromatic rings. The number of rotatable bonds is 18. The summed E-state index contributed by atoms with van der Waals surface area (Å²) >= 11 is 0. The van der Waals surface area contributed by atoms with Crippen LogP contribution in [0.3, 0.4) is 0 Å². The molecule has 0 bridgehead atoms. The number of carbonyl (C=O) groups excluding carboxylic acids is 2. The Morgan fingerprint density at radius 1 is 0.551 bits per heavy atom. The number of aryl methyl sites for hydroxylation is 4. The van der Waals surface area contributed by atoms with Gasteiger partial charge < -0.3 is 18.9 Å². The van der Waals surface area contributed by atoms with Gasteiger partial charge in [-0.15, -0.1) is 0 Å². The minimum Gasteiger partial charge on any atom is -0.493 e. The summed E-state index contributed by atoms with van der Waals surface area (Å²) in [5, 5.41) is 0. The third kappa shape index (κ3) is 9.44. The second kappa shape index (κ2) is 16.7. The molecule has 0 radical (unpaired) electrons. The van der Waals surface area contributed by atoms with E-state index in [2.05, 4.69) is 13.2 Å². The predicted octanol–water partition coefficient (Wildman–Crippen LogP) is 8.37. The Labute approximate surface area is 286 Å². The van der Waals surface area contributed by atoms with Crippen molar-refractivity contribution in [3.05, 3.63) is 144 Å². The first-order valence-electron chi connectivity index (χ1n) is 16.4. The minimum absolute atomic E-state index is 0.0640. The molecule has 0 aliphatic heterocycles. The van der Waals surface area contributed by atoms with Crippen LogP contribution in [-0.2, 0) is 50.7 Å². The van der Waals surface area contributed by atoms with Gasteiger partial charge in [0.2, 0.25) is 0 Å². The van der Waals surface area contributed by atoms with Crippen molar-refractivity contribution in [2.24, 2.45) is 0 Å². The van der Waals surface area contributed by atoms with Gasteiger partial charge in [0.1, 0.15) is 11.5 Å². The molecule has 4 aromatic carbocycles. The molecule has 0 N–H and O–H groups in total. The second-order valence-electron chi connectivity index (χ2n) is 11.8. The fourth-order valence-electron chi connectivity index (χ4n) is 5.67. The Balaban J connectivity index is 1.11. The normalized spacial score (nSPS) is 12.4. The summed E-state index contributed by atoms with van der Waals surface area (Å²) in [6.07, 6.45) is 6.08. The van der Waals surface area contributed by atoms with E-state index in [4.69, 9.17) is 18.9 Å². The van der Waals surface area contributed by atoms with Crippen LogP contribution in [-0.4, -0.2) is 38.4 Å². The Morgan fingerprint density at radius 2 is 0.918 bits per heavy atom. The minimum atomic E-state index is -3.07. The Hall–Kier alpha value is -5.24. The van der Waals surface area contributed by atoms with E-state index in [0.29, 0.717) is 62.9 Å². The van der Waals surface area contributed by atoms with Gasteiger partial charge in [0.15, 0.2) is 0 Å². The molecule has 0 spiro atoms. The van der Waals surface area contributed by atoms with Crippen LogP contribution < -0.4 is 9.47 Å². The molecule has 0 heterocycles. The van der Waals surface area contributed by atoms with Crippen LogP contribution in [0.5, 0.6) is 11.5 Å². The van der Waals surface area contributed by atoms with Crippen molar-refractivity contribution in [2.45, 2.75) is 44.4 Å². The number of ether oxygens (including phenoxy) is 4. The number of esters is 2. The summed E-state index contributed by atoms with van der Waals surface area (Å²) in [5.74, 6) is -2.53. The molecule has 254 valence electrons. The maximum Gasteiger partial charge on any atom is 0.330 e. The lowest BCUT2D eigenvalue weighted by atomic mass is 9.98. The Morgan fingerprint density at radius 3 is 1.31 bits per heavy atom. The van der Waals surface area contributed by atoms with Gasteiger partial charge in [0, 0.05) is 36.1 Å². The Bertz CT molecular complexity index is 1630. The predicted molar refractivity (Wildman–Crippen MR) is 185 cm³/mol. The van der Waals surface area contributed by atoms with E-state index in [9.17, 15) is 9.59 Å². The lowest BCUT2D eigenvalue weighted by Gasteiger charge is -2.14. The fraction of sp³-hybridized carbons (Fsp3) is 0.268. The number of carbonyl (C=O) groups is 2. The quantitative estimate of drug-likeness (QED) is 0.0604. The van der Waals surface area contributed by atoms with Gasteiger partial charge in [0.05, 0.1) is 26.4 Å². The third-order valence-electron chi connectivity index (χ3n) is 8.32. The zero-order valence-corrected chi connectivity index (χ0v) is 27.4. The van der Waals surface area contributed by atoms with Gasteiger partial charge in [-0.2, -0.15) is 8.78 Å². The maximum absolute atomic E-state index is 15.8. The molecule has 0 unspecified atom stereocenters. The third-order valence-corrected chi connectivity index (χ3v) is 8.32. The SMILES string of the molecule is C=CC(=O)OCCCOc1ccc(CCc2ccc3c(c2)C(F)(F)c2cc(CCc4ccc(OCCCOC(=O)C=C)cc4)ccc2-3)cc1. The van der Waals surface area contributed by atoms with E-state index in [1.165, 1.54) is 0 Å². The van der Waals surface area contributed by atoms with Crippen LogP contribution in [0.15, 0.2) is 110 Å². The number of hydrogen-bond donors (Lipinski definition) is 0. The van der Waals surface area contributed by atoms with E-state index < -0.39 is 17.9 Å². The molecule has 5 rings (SSSR count). The van der Waals surface area contributed by atoms with E-state index in [1.54, 1.807) is 12.1 Å². The van der Waals surface area contributed by atoms with E-state index >= 15 is 8.78 Å². The summed E-state index contributed by atoms with van der Waals surface area (Å²) in [5.41, 5.74) is 5.20. The first-order chi connectivity index (χ1) is 23.8. The van der Waals surface area contributed by atoms with Crippen molar-refractivity contribution in [1.82, 2.24) is 0 Å². The molecule has 1 aliphatic rings. The first kappa shape index (κ1) is 35.1. The average molecular weight is 667 g/mol. The zero-order valence-electron chi connectivity index (χ0n) is 27.4. The van der Waals surface area contributed by atoms with Crippen molar-refractivity contribution in [2.75, 3.05) is 26.4 Å². The fourth-order valence-corrected chi connectivity index (χ4v) is 5.67. The van der Waals surface area contributed by atoms with Gasteiger partial charge in [-0.25, -0.2) is 9.59 Å². The van der Waals surface area contributed by atoms with Crippen molar-refractivity contribution in [1.29, 1.82) is 0 Å². The highest BCUT2D eigenvalue weighted by atomic mass is 19.3. The van der Waals surface area contributed by atoms with Crippen LogP contribution >= 0.6 is 0 Å². The van der Waals surface area contributed by atoms with Gasteiger partial charge in [-0.1, -0.05) is 61.7 Å². The first-order valence-corrected chi connectivity index (χ1v) is 16.4. The monoisotopic (exact) mass is 666 g/mol. The lowest BCUT2D eigenvalue weighted by Crippen LogP contribution is -2.12. The number of alkyl halides is 2. The smallest absolute Gasteiger partial charge is 0.330 e. The molecule has 49 heavy (non-hydrogen) atoms. The van der Waals surface area contributed by atoms with Gasteiger partial charge >= 0.3 is 11.9 Å². The summed E-state index contributed by atoms with van der Waals surface area (Å²) in [4.78, 5) is 22.2. The molecular formula is C41H40F2O6. The average Bonchev–Trinajstić information content (AvgIpc) is 3.35. The molecule has 8 heteroatoms. The standard InChI is InChI=1S/C41H40F2O6/c1-3-39(44)48-25-5-23-46-33-17-11-29(12-18-33)7-9-31-15-21-35-36-22-16-32(28-38(36)41(42,43)37(35)27-31)10-8-30-13-19-34(20-14-30)47-24-6-26-49-40(45)4-2/h3-4,11-22,27-28H,1-2,5-10,23-26H2. The molecule has 1 aliphatic carbocycles. The molecule has 0 amide bonds. The highest BCUT2D eigenvalue weighted by Gasteiger charge is 2.44. The van der Waals surface area contributed by atoms with Crippen molar-refractivity contribution < 1.29 is 37.3 Å². The Kier molecular flexibility index (Phi) is 12.0. The lowest BCUT2D eigenvalue weighted by molar-refractivity contribution is -0.138. The van der Waals surface area contributed by atoms with Crippen molar-refractivity contribution in [3.8, 4) is 22.6 Å². The summed E-state index contributed by atoms with van der Waals surface area (Å²) in [6, 6.07) is 26.3. The number of hydrogen-bond acceptors (Lipinski definition) is 6. The summed E-state index contributed by atoms with van der Waals surface area (Å²) < 4.78 is 52.9. The van der Waals surface area contributed by atoms with Crippen LogP contribution in [0.4, 0.5) is 8.78 Å². The van der Waals surface area contributed by atoms with E-state index in [-0.39, 0.29) is 24.3 Å². The number of benzene rings is 4. The number of halogens is 2. The molecule has 0 atom stereocenters. The van der Waals surface area contributed by atoms with E-state index in [0.717, 1.165) is 45.9 Å². The maximum atomic E-state index is 15.8. The topological polar surface area (TPSA) is 71.1 Å². The highest BCUT2D eigenvalue weighted by Crippen LogP contribution is 2.51. The molecule has 6 nitrogen and oxygen atoms in total. The van der Waals surface area contributed by atoms with E-state index in [1.807, 2.05) is 72.8 Å². The van der Waals surface area contributed by atoms with Gasteiger partial charge in [-0.3, -0.25) is 0 Å². The molecule has 0 saturated heterocycles. The van der Waals surface area contributed by atoms with Gasteiger partial charge in [0.25, 0.3) is 5.92 Å². The van der Waals surface area contributed by atoms with Gasteiger partial charge in [-0.05, 0) is 95.5 Å². The molecular weight excluding hydrogens is 626 g/mol. The molecule has 0 aromatic heterocycles. The zero-order chi connectivity index (χ0) is 34.6. The highest BCUT2D eigenvalue weighted by molar-refractivity contribution is 5.81. The summed E-state index contributed by atoms with van der Waals surface area (Å²) in [6.45, 7) is 8.09.